The van der Waals surface area contributed by atoms with Crippen LogP contribution in [0.4, 0.5) is 0 Å². The lowest BCUT2D eigenvalue weighted by molar-refractivity contribution is -0.129. The maximum absolute atomic E-state index is 13.5. The summed E-state index contributed by atoms with van der Waals surface area (Å²) in [6, 6.07) is 0.830. The second-order valence-electron chi connectivity index (χ2n) is 11.8. The molecule has 196 valence electrons. The number of hydrogen-bond donors (Lipinski definition) is 4. The minimum atomic E-state index is 0.0765. The molecular weight excluding hydrogens is 428 g/mol. The Morgan fingerprint density at radius 1 is 1.18 bits per heavy atom. The quantitative estimate of drug-likeness (QED) is 0.398. The fourth-order valence-electron chi connectivity index (χ4n) is 6.86. The highest BCUT2D eigenvalue weighted by atomic mass is 16.5. The molecule has 34 heavy (non-hydrogen) atoms. The number of nitrogens with two attached hydrogens (primary N) is 1. The highest BCUT2D eigenvalue weighted by molar-refractivity contribution is 5.79. The average molecular weight is 479 g/mol. The largest absolute Gasteiger partial charge is 0.381 e. The molecule has 0 spiro atoms. The monoisotopic (exact) mass is 478 g/mol. The van der Waals surface area contributed by atoms with Crippen molar-refractivity contribution in [2.75, 3.05) is 53.0 Å². The van der Waals surface area contributed by atoms with Crippen molar-refractivity contribution in [2.45, 2.75) is 77.0 Å². The fraction of sp³-hybridized carbons (Fsp3) is 0.962. The van der Waals surface area contributed by atoms with Crippen LogP contribution in [0, 0.1) is 29.6 Å². The molecule has 0 aromatic rings. The van der Waals surface area contributed by atoms with Crippen LogP contribution in [0.2, 0.25) is 0 Å². The van der Waals surface area contributed by atoms with Gasteiger partial charge in [-0.1, -0.05) is 6.42 Å². The molecule has 8 heteroatoms. The third kappa shape index (κ3) is 6.71. The van der Waals surface area contributed by atoms with Gasteiger partial charge in [0.15, 0.2) is 0 Å². The van der Waals surface area contributed by atoms with Crippen LogP contribution >= 0.6 is 0 Å². The van der Waals surface area contributed by atoms with Gasteiger partial charge in [0.2, 0.25) is 5.91 Å². The summed E-state index contributed by atoms with van der Waals surface area (Å²) in [6.07, 6.45) is 8.43. The molecule has 3 heterocycles. The molecule has 6 atom stereocenters. The van der Waals surface area contributed by atoms with Crippen LogP contribution in [0.1, 0.15) is 58.8 Å². The molecule has 5 N–H and O–H groups in total. The SMILES string of the molecule is CC(C)N1CC2C(NC(C3CCCC(CN(C)CCN)C3)CC2C(=O)NCC2CCOCC2)N1. The van der Waals surface area contributed by atoms with E-state index in [1.54, 1.807) is 0 Å². The van der Waals surface area contributed by atoms with Gasteiger partial charge in [0.25, 0.3) is 0 Å². The first kappa shape index (κ1) is 26.3. The van der Waals surface area contributed by atoms with E-state index in [1.165, 1.54) is 25.7 Å². The number of hydrazine groups is 1. The van der Waals surface area contributed by atoms with E-state index in [0.717, 1.165) is 71.1 Å². The van der Waals surface area contributed by atoms with Crippen LogP contribution in [-0.4, -0.2) is 87.1 Å². The number of nitrogens with one attached hydrogen (secondary N) is 3. The second-order valence-corrected chi connectivity index (χ2v) is 11.8. The number of nitrogens with zero attached hydrogens (tertiary/aromatic N) is 2. The van der Waals surface area contributed by atoms with Crippen LogP contribution in [0.25, 0.3) is 0 Å². The molecule has 1 aliphatic carbocycles. The van der Waals surface area contributed by atoms with Gasteiger partial charge in [0, 0.05) is 69.9 Å². The van der Waals surface area contributed by atoms with Gasteiger partial charge in [0.05, 0.1) is 6.17 Å². The summed E-state index contributed by atoms with van der Waals surface area (Å²) in [5.74, 6) is 2.61. The van der Waals surface area contributed by atoms with E-state index in [-0.39, 0.29) is 18.0 Å². The first-order valence-corrected chi connectivity index (χ1v) is 14.0. The number of likely N-dealkylation sites (N-methyl/N-ethyl adjacent to an activating group) is 1. The van der Waals surface area contributed by atoms with Crippen molar-refractivity contribution in [3.05, 3.63) is 0 Å². The van der Waals surface area contributed by atoms with E-state index >= 15 is 0 Å². The Balaban J connectivity index is 1.39. The van der Waals surface area contributed by atoms with Gasteiger partial charge < -0.3 is 20.7 Å². The lowest BCUT2D eigenvalue weighted by Crippen LogP contribution is -2.60. The Hall–Kier alpha value is -0.770. The number of rotatable bonds is 9. The standard InChI is InChI=1S/C26H50N6O2/c1-18(2)32-17-23-22(26(33)28-15-19-7-11-34-12-8-19)14-24(29-25(23)30-32)21-6-4-5-20(13-21)16-31(3)10-9-27/h18-25,29-30H,4-17,27H2,1-3H3,(H,28,33). The van der Waals surface area contributed by atoms with Gasteiger partial charge in [-0.05, 0) is 77.2 Å². The highest BCUT2D eigenvalue weighted by Crippen LogP contribution is 2.39. The van der Waals surface area contributed by atoms with E-state index in [2.05, 4.69) is 46.9 Å². The molecule has 0 radical (unpaired) electrons. The van der Waals surface area contributed by atoms with Crippen molar-refractivity contribution in [2.24, 2.45) is 35.3 Å². The summed E-state index contributed by atoms with van der Waals surface area (Å²) in [5, 5.41) is 9.67. The lowest BCUT2D eigenvalue weighted by Gasteiger charge is -2.44. The Kier molecular flexibility index (Phi) is 9.64. The summed E-state index contributed by atoms with van der Waals surface area (Å²) in [5.41, 5.74) is 9.49. The van der Waals surface area contributed by atoms with E-state index in [0.29, 0.717) is 29.8 Å². The van der Waals surface area contributed by atoms with Crippen LogP contribution in [0.3, 0.4) is 0 Å². The predicted molar refractivity (Wildman–Crippen MR) is 136 cm³/mol. The molecule has 3 aliphatic heterocycles. The van der Waals surface area contributed by atoms with Crippen molar-refractivity contribution in [1.82, 2.24) is 26.0 Å². The second kappa shape index (κ2) is 12.5. The Bertz CT molecular complexity index is 643. The zero-order chi connectivity index (χ0) is 24.1. The van der Waals surface area contributed by atoms with Crippen LogP contribution in [0.15, 0.2) is 0 Å². The highest BCUT2D eigenvalue weighted by Gasteiger charge is 2.48. The molecule has 0 aromatic carbocycles. The summed E-state index contributed by atoms with van der Waals surface area (Å²) < 4.78 is 5.50. The van der Waals surface area contributed by atoms with E-state index in [4.69, 9.17) is 10.5 Å². The Labute approximate surface area is 207 Å². The van der Waals surface area contributed by atoms with Crippen LogP contribution in [-0.2, 0) is 9.53 Å². The number of ether oxygens (including phenoxy) is 1. The van der Waals surface area contributed by atoms with Gasteiger partial charge in [-0.25, -0.2) is 10.4 Å². The molecule has 3 saturated heterocycles. The predicted octanol–water partition coefficient (Wildman–Crippen LogP) is 1.38. The molecule has 6 unspecified atom stereocenters. The summed E-state index contributed by atoms with van der Waals surface area (Å²) in [7, 11) is 2.20. The Morgan fingerprint density at radius 3 is 2.71 bits per heavy atom. The third-order valence-corrected chi connectivity index (χ3v) is 8.90. The van der Waals surface area contributed by atoms with Gasteiger partial charge >= 0.3 is 0 Å². The average Bonchev–Trinajstić information content (AvgIpc) is 3.28. The summed E-state index contributed by atoms with van der Waals surface area (Å²) >= 11 is 0. The third-order valence-electron chi connectivity index (χ3n) is 8.90. The van der Waals surface area contributed by atoms with Gasteiger partial charge in [0.1, 0.15) is 0 Å². The van der Waals surface area contributed by atoms with E-state index < -0.39 is 0 Å². The van der Waals surface area contributed by atoms with Crippen molar-refractivity contribution in [3.8, 4) is 0 Å². The van der Waals surface area contributed by atoms with Crippen molar-refractivity contribution >= 4 is 5.91 Å². The van der Waals surface area contributed by atoms with Gasteiger partial charge in [-0.3, -0.25) is 10.1 Å². The maximum atomic E-state index is 13.5. The van der Waals surface area contributed by atoms with Crippen molar-refractivity contribution in [3.63, 3.8) is 0 Å². The molecule has 0 bridgehead atoms. The minimum Gasteiger partial charge on any atom is -0.381 e. The van der Waals surface area contributed by atoms with Crippen molar-refractivity contribution in [1.29, 1.82) is 0 Å². The fourth-order valence-corrected chi connectivity index (χ4v) is 6.86. The molecule has 0 aromatic heterocycles. The number of piperidine rings is 1. The normalized spacial score (nSPS) is 35.6. The first-order chi connectivity index (χ1) is 16.4. The number of carbonyl (C=O) groups is 1. The molecular formula is C26H50N6O2. The number of fused-ring (bicyclic) bond motifs is 1. The number of carbonyl (C=O) groups excluding carboxylic acids is 1. The van der Waals surface area contributed by atoms with E-state index in [1.807, 2.05) is 0 Å². The maximum Gasteiger partial charge on any atom is 0.223 e. The summed E-state index contributed by atoms with van der Waals surface area (Å²) in [4.78, 5) is 15.9. The molecule has 1 amide bonds. The van der Waals surface area contributed by atoms with Gasteiger partial charge in [-0.2, -0.15) is 0 Å². The first-order valence-electron chi connectivity index (χ1n) is 14.0. The van der Waals surface area contributed by atoms with Gasteiger partial charge in [-0.15, -0.1) is 0 Å². The minimum absolute atomic E-state index is 0.0765. The molecule has 1 saturated carbocycles. The topological polar surface area (TPSA) is 94.9 Å². The number of hydrogen-bond acceptors (Lipinski definition) is 7. The van der Waals surface area contributed by atoms with E-state index in [9.17, 15) is 4.79 Å². The summed E-state index contributed by atoms with van der Waals surface area (Å²) in [6.45, 7) is 10.7. The molecule has 4 aliphatic rings. The molecule has 4 rings (SSSR count). The van der Waals surface area contributed by atoms with Crippen molar-refractivity contribution < 1.29 is 9.53 Å². The number of amides is 1. The smallest absolute Gasteiger partial charge is 0.223 e. The zero-order valence-corrected chi connectivity index (χ0v) is 21.8. The lowest BCUT2D eigenvalue weighted by atomic mass is 9.71. The molecule has 8 nitrogen and oxygen atoms in total. The molecule has 4 fully saturated rings. The van der Waals surface area contributed by atoms with Crippen LogP contribution < -0.4 is 21.8 Å². The van der Waals surface area contributed by atoms with Crippen LogP contribution in [0.5, 0.6) is 0 Å². The Morgan fingerprint density at radius 2 is 1.97 bits per heavy atom. The zero-order valence-electron chi connectivity index (χ0n) is 21.8.